The lowest BCUT2D eigenvalue weighted by Gasteiger charge is -2.17. The fourth-order valence-corrected chi connectivity index (χ4v) is 2.00. The summed E-state index contributed by atoms with van der Waals surface area (Å²) in [5, 5.41) is 17.4. The van der Waals surface area contributed by atoms with Crippen LogP contribution >= 0.6 is 11.6 Å². The molecule has 2 N–H and O–H groups in total. The van der Waals surface area contributed by atoms with Crippen molar-refractivity contribution in [1.29, 1.82) is 0 Å². The molecule has 0 fully saturated rings. The predicted octanol–water partition coefficient (Wildman–Crippen LogP) is 3.35. The Balaban J connectivity index is 0.000000450. The summed E-state index contributed by atoms with van der Waals surface area (Å²) in [5.41, 5.74) is 1.36. The van der Waals surface area contributed by atoms with Gasteiger partial charge in [-0.2, -0.15) is 0 Å². The smallest absolute Gasteiger partial charge is 0.414 e. The highest BCUT2D eigenvalue weighted by Crippen LogP contribution is 2.16. The van der Waals surface area contributed by atoms with Gasteiger partial charge in [-0.25, -0.2) is 9.59 Å². The van der Waals surface area contributed by atoms with Crippen molar-refractivity contribution in [2.45, 2.75) is 12.8 Å². The summed E-state index contributed by atoms with van der Waals surface area (Å²) >= 11 is 5.83. The second kappa shape index (κ2) is 11.1. The Morgan fingerprint density at radius 3 is 2.08 bits per heavy atom. The molecule has 2 aromatic rings. The first kappa shape index (κ1) is 20.5. The van der Waals surface area contributed by atoms with E-state index in [2.05, 4.69) is 24.3 Å². The monoisotopic (exact) mass is 365 g/mol. The fraction of sp³-hybridized carbons (Fsp3) is 0.222. The first-order chi connectivity index (χ1) is 11.9. The number of benzene rings is 2. The number of hydrogen-bond donors (Lipinski definition) is 2. The number of rotatable bonds is 6. The molecular formula is C18H20ClNO5. The number of aryl methyl sites for hydroxylation is 1. The van der Waals surface area contributed by atoms with E-state index < -0.39 is 11.9 Å². The average Bonchev–Trinajstić information content (AvgIpc) is 2.58. The summed E-state index contributed by atoms with van der Waals surface area (Å²) in [6.45, 7) is 0.886. The standard InChI is InChI=1S/C16H18ClNO.C2H2O4/c1-18(19-16-11-9-15(17)10-12-16)13-5-8-14-6-3-2-4-7-14;3-1(4)2(5)6/h2-4,6-7,9-12H,5,8,13H2,1H3;(H,3,4)(H,5,6). The molecule has 0 aliphatic rings. The number of carboxylic acids is 2. The van der Waals surface area contributed by atoms with Crippen LogP contribution in [0.2, 0.25) is 5.02 Å². The van der Waals surface area contributed by atoms with E-state index in [9.17, 15) is 0 Å². The second-order valence-corrected chi connectivity index (χ2v) is 5.53. The SMILES string of the molecule is CN(CCCc1ccccc1)Oc1ccc(Cl)cc1.O=C(O)C(=O)O. The minimum atomic E-state index is -1.82. The van der Waals surface area contributed by atoms with Gasteiger partial charge in [0.25, 0.3) is 0 Å². The summed E-state index contributed by atoms with van der Waals surface area (Å²) in [6.07, 6.45) is 2.13. The Morgan fingerprint density at radius 2 is 1.56 bits per heavy atom. The molecule has 0 unspecified atom stereocenters. The number of carbonyl (C=O) groups is 2. The molecule has 0 aromatic heterocycles. The maximum absolute atomic E-state index is 9.10. The van der Waals surface area contributed by atoms with Crippen LogP contribution in [0.3, 0.4) is 0 Å². The van der Waals surface area contributed by atoms with E-state index in [1.807, 2.05) is 42.4 Å². The molecule has 134 valence electrons. The van der Waals surface area contributed by atoms with Crippen LogP contribution in [0.5, 0.6) is 5.75 Å². The first-order valence-corrected chi connectivity index (χ1v) is 7.91. The molecule has 2 rings (SSSR count). The predicted molar refractivity (Wildman–Crippen MR) is 94.7 cm³/mol. The Morgan fingerprint density at radius 1 is 1.00 bits per heavy atom. The average molecular weight is 366 g/mol. The Kier molecular flexibility index (Phi) is 9.06. The van der Waals surface area contributed by atoms with E-state index in [0.717, 1.165) is 30.2 Å². The molecule has 0 aliphatic heterocycles. The van der Waals surface area contributed by atoms with Crippen molar-refractivity contribution in [2.75, 3.05) is 13.6 Å². The van der Waals surface area contributed by atoms with Gasteiger partial charge in [0.2, 0.25) is 0 Å². The van der Waals surface area contributed by atoms with E-state index in [-0.39, 0.29) is 0 Å². The number of halogens is 1. The highest BCUT2D eigenvalue weighted by molar-refractivity contribution is 6.30. The van der Waals surface area contributed by atoms with Crippen LogP contribution in [0, 0.1) is 0 Å². The lowest BCUT2D eigenvalue weighted by atomic mass is 10.1. The van der Waals surface area contributed by atoms with Crippen LogP contribution in [0.15, 0.2) is 54.6 Å². The van der Waals surface area contributed by atoms with Gasteiger partial charge < -0.3 is 15.1 Å². The molecule has 0 atom stereocenters. The molecule has 0 saturated heterocycles. The third-order valence-electron chi connectivity index (χ3n) is 3.04. The summed E-state index contributed by atoms with van der Waals surface area (Å²) in [4.78, 5) is 23.9. The molecule has 2 aromatic carbocycles. The van der Waals surface area contributed by atoms with E-state index in [1.165, 1.54) is 5.56 Å². The van der Waals surface area contributed by atoms with Gasteiger partial charge in [-0.3, -0.25) is 0 Å². The quantitative estimate of drug-likeness (QED) is 0.603. The van der Waals surface area contributed by atoms with Gasteiger partial charge >= 0.3 is 11.9 Å². The molecule has 0 spiro atoms. The maximum atomic E-state index is 9.10. The highest BCUT2D eigenvalue weighted by atomic mass is 35.5. The van der Waals surface area contributed by atoms with Crippen LogP contribution in [-0.2, 0) is 16.0 Å². The molecule has 0 saturated carbocycles. The molecule has 25 heavy (non-hydrogen) atoms. The van der Waals surface area contributed by atoms with Crippen molar-refractivity contribution in [3.05, 3.63) is 65.2 Å². The van der Waals surface area contributed by atoms with Gasteiger partial charge in [0.05, 0.1) is 0 Å². The summed E-state index contributed by atoms with van der Waals surface area (Å²) in [5.74, 6) is -2.84. The Bertz CT molecular complexity index is 649. The largest absolute Gasteiger partial charge is 0.473 e. The van der Waals surface area contributed by atoms with Crippen molar-refractivity contribution in [3.8, 4) is 5.75 Å². The van der Waals surface area contributed by atoms with Crippen molar-refractivity contribution in [1.82, 2.24) is 5.06 Å². The minimum absolute atomic E-state index is 0.721. The van der Waals surface area contributed by atoms with E-state index >= 15 is 0 Å². The summed E-state index contributed by atoms with van der Waals surface area (Å²) in [7, 11) is 1.94. The zero-order chi connectivity index (χ0) is 18.7. The molecule has 7 heteroatoms. The van der Waals surface area contributed by atoms with Crippen LogP contribution in [-0.4, -0.2) is 40.8 Å². The number of hydrogen-bond acceptors (Lipinski definition) is 4. The first-order valence-electron chi connectivity index (χ1n) is 7.53. The third kappa shape index (κ3) is 9.34. The van der Waals surface area contributed by atoms with Gasteiger partial charge in [0, 0.05) is 18.6 Å². The number of carboxylic acid groups (broad SMARTS) is 2. The van der Waals surface area contributed by atoms with Gasteiger partial charge in [-0.15, -0.1) is 5.06 Å². The topological polar surface area (TPSA) is 87.1 Å². The lowest BCUT2D eigenvalue weighted by Crippen LogP contribution is -2.24. The van der Waals surface area contributed by atoms with E-state index in [1.54, 1.807) is 0 Å². The highest BCUT2D eigenvalue weighted by Gasteiger charge is 2.04. The zero-order valence-electron chi connectivity index (χ0n) is 13.8. The van der Waals surface area contributed by atoms with Crippen molar-refractivity contribution < 1.29 is 24.6 Å². The lowest BCUT2D eigenvalue weighted by molar-refractivity contribution is -0.159. The van der Waals surface area contributed by atoms with Crippen LogP contribution in [0.1, 0.15) is 12.0 Å². The van der Waals surface area contributed by atoms with Crippen molar-refractivity contribution in [2.24, 2.45) is 0 Å². The second-order valence-electron chi connectivity index (χ2n) is 5.10. The van der Waals surface area contributed by atoms with Gasteiger partial charge in [0.15, 0.2) is 0 Å². The van der Waals surface area contributed by atoms with Gasteiger partial charge in [-0.05, 0) is 42.7 Å². The number of aliphatic carboxylic acids is 2. The molecular weight excluding hydrogens is 346 g/mol. The third-order valence-corrected chi connectivity index (χ3v) is 3.29. The van der Waals surface area contributed by atoms with Gasteiger partial charge in [0.1, 0.15) is 5.75 Å². The fourth-order valence-electron chi connectivity index (χ4n) is 1.87. The molecule has 0 aliphatic carbocycles. The van der Waals surface area contributed by atoms with Crippen molar-refractivity contribution >= 4 is 23.5 Å². The van der Waals surface area contributed by atoms with Crippen molar-refractivity contribution in [3.63, 3.8) is 0 Å². The molecule has 6 nitrogen and oxygen atoms in total. The Hall–Kier alpha value is -2.57. The Labute approximate surface area is 151 Å². The zero-order valence-corrected chi connectivity index (χ0v) is 14.5. The van der Waals surface area contributed by atoms with Gasteiger partial charge in [-0.1, -0.05) is 41.9 Å². The molecule has 0 amide bonds. The van der Waals surface area contributed by atoms with E-state index in [4.69, 9.17) is 36.2 Å². The molecule has 0 radical (unpaired) electrons. The summed E-state index contributed by atoms with van der Waals surface area (Å²) in [6, 6.07) is 17.9. The number of nitrogens with zero attached hydrogens (tertiary/aromatic N) is 1. The van der Waals surface area contributed by atoms with Crippen LogP contribution in [0.25, 0.3) is 0 Å². The normalized spacial score (nSPS) is 9.88. The number of hydroxylamine groups is 2. The van der Waals surface area contributed by atoms with Crippen LogP contribution < -0.4 is 4.84 Å². The minimum Gasteiger partial charge on any atom is -0.473 e. The molecule has 0 heterocycles. The summed E-state index contributed by atoms with van der Waals surface area (Å²) < 4.78 is 0. The molecule has 0 bridgehead atoms. The van der Waals surface area contributed by atoms with E-state index in [0.29, 0.717) is 0 Å². The van der Waals surface area contributed by atoms with Crippen LogP contribution in [0.4, 0.5) is 0 Å². The maximum Gasteiger partial charge on any atom is 0.414 e.